The highest BCUT2D eigenvalue weighted by Gasteiger charge is 2.17. The average molecular weight is 304 g/mol. The maximum absolute atomic E-state index is 12.1. The molecule has 1 unspecified atom stereocenters. The molecule has 1 aliphatic heterocycles. The largest absolute Gasteiger partial charge is 0.465 e. The zero-order valence-corrected chi connectivity index (χ0v) is 13.5. The molecule has 2 rings (SSSR count). The van der Waals surface area contributed by atoms with Crippen LogP contribution in [0.4, 0.5) is 5.69 Å². The van der Waals surface area contributed by atoms with E-state index in [1.165, 1.54) is 7.11 Å². The summed E-state index contributed by atoms with van der Waals surface area (Å²) in [6, 6.07) is 3.57. The topological polar surface area (TPSA) is 67.4 Å². The second-order valence-electron chi connectivity index (χ2n) is 5.90. The first-order chi connectivity index (χ1) is 10.5. The van der Waals surface area contributed by atoms with Crippen LogP contribution in [0, 0.1) is 19.8 Å². The molecule has 0 spiro atoms. The Labute approximate surface area is 131 Å². The Kier molecular flexibility index (Phi) is 5.55. The fourth-order valence-corrected chi connectivity index (χ4v) is 2.77. The summed E-state index contributed by atoms with van der Waals surface area (Å²) in [5.41, 5.74) is 2.98. The van der Waals surface area contributed by atoms with E-state index in [1.807, 2.05) is 19.9 Å². The van der Waals surface area contributed by atoms with Crippen molar-refractivity contribution < 1.29 is 14.3 Å². The summed E-state index contributed by atoms with van der Waals surface area (Å²) in [4.78, 5) is 23.9. The summed E-state index contributed by atoms with van der Waals surface area (Å²) in [5, 5.41) is 6.19. The Morgan fingerprint density at radius 1 is 1.36 bits per heavy atom. The highest BCUT2D eigenvalue weighted by Crippen LogP contribution is 2.21. The van der Waals surface area contributed by atoms with Gasteiger partial charge in [0.25, 0.3) is 0 Å². The van der Waals surface area contributed by atoms with E-state index in [9.17, 15) is 9.59 Å². The van der Waals surface area contributed by atoms with E-state index < -0.39 is 0 Å². The lowest BCUT2D eigenvalue weighted by atomic mass is 10.0. The molecule has 1 heterocycles. The number of methoxy groups -OCH3 is 1. The van der Waals surface area contributed by atoms with Crippen molar-refractivity contribution in [1.82, 2.24) is 5.32 Å². The fraction of sp³-hybridized carbons (Fsp3) is 0.529. The van der Waals surface area contributed by atoms with Crippen molar-refractivity contribution in [3.05, 3.63) is 28.8 Å². The quantitative estimate of drug-likeness (QED) is 0.820. The molecule has 1 aliphatic rings. The van der Waals surface area contributed by atoms with Crippen LogP contribution in [0.15, 0.2) is 12.1 Å². The maximum Gasteiger partial charge on any atom is 0.338 e. The molecule has 1 atom stereocenters. The number of aryl methyl sites for hydroxylation is 1. The summed E-state index contributed by atoms with van der Waals surface area (Å²) in [7, 11) is 1.36. The number of ether oxygens (including phenoxy) is 1. The molecule has 1 saturated heterocycles. The Morgan fingerprint density at radius 2 is 2.14 bits per heavy atom. The number of nitrogens with one attached hydrogen (secondary N) is 2. The van der Waals surface area contributed by atoms with Crippen LogP contribution in [0.1, 0.15) is 40.7 Å². The molecule has 1 fully saturated rings. The molecule has 22 heavy (non-hydrogen) atoms. The van der Waals surface area contributed by atoms with Gasteiger partial charge in [-0.25, -0.2) is 4.79 Å². The van der Waals surface area contributed by atoms with E-state index in [1.54, 1.807) is 6.07 Å². The van der Waals surface area contributed by atoms with Gasteiger partial charge in [0.15, 0.2) is 0 Å². The predicted octanol–water partition coefficient (Wildman–Crippen LogP) is 2.42. The third-order valence-corrected chi connectivity index (χ3v) is 4.30. The van der Waals surface area contributed by atoms with Gasteiger partial charge in [0.1, 0.15) is 0 Å². The molecule has 2 N–H and O–H groups in total. The normalized spacial score (nSPS) is 17.3. The van der Waals surface area contributed by atoms with Crippen molar-refractivity contribution in [2.45, 2.75) is 33.1 Å². The number of carbonyl (C=O) groups is 2. The summed E-state index contributed by atoms with van der Waals surface area (Å²) < 4.78 is 4.79. The number of esters is 1. The SMILES string of the molecule is COC(=O)c1cc(NC(=O)CCC2CCNC2)cc(C)c1C. The third kappa shape index (κ3) is 4.07. The maximum atomic E-state index is 12.1. The zero-order valence-electron chi connectivity index (χ0n) is 13.5. The number of amides is 1. The van der Waals surface area contributed by atoms with E-state index in [0.717, 1.165) is 37.1 Å². The molecule has 120 valence electrons. The van der Waals surface area contributed by atoms with Crippen LogP contribution in [0.3, 0.4) is 0 Å². The highest BCUT2D eigenvalue weighted by atomic mass is 16.5. The summed E-state index contributed by atoms with van der Waals surface area (Å²) in [5.74, 6) is 0.204. The van der Waals surface area contributed by atoms with Gasteiger partial charge < -0.3 is 15.4 Å². The van der Waals surface area contributed by atoms with E-state index in [0.29, 0.717) is 23.6 Å². The highest BCUT2D eigenvalue weighted by molar-refractivity contribution is 5.96. The molecule has 1 aromatic carbocycles. The molecular weight excluding hydrogens is 280 g/mol. The second-order valence-corrected chi connectivity index (χ2v) is 5.90. The van der Waals surface area contributed by atoms with Crippen LogP contribution in [-0.2, 0) is 9.53 Å². The van der Waals surface area contributed by atoms with Crippen LogP contribution >= 0.6 is 0 Å². The molecular formula is C17H24N2O3. The molecule has 0 aromatic heterocycles. The van der Waals surface area contributed by atoms with Crippen molar-refractivity contribution >= 4 is 17.6 Å². The van der Waals surface area contributed by atoms with Crippen LogP contribution in [0.25, 0.3) is 0 Å². The van der Waals surface area contributed by atoms with Gasteiger partial charge in [0.05, 0.1) is 12.7 Å². The van der Waals surface area contributed by atoms with Crippen LogP contribution in [0.2, 0.25) is 0 Å². The molecule has 0 radical (unpaired) electrons. The van der Waals surface area contributed by atoms with Gasteiger partial charge in [0.2, 0.25) is 5.91 Å². The number of hydrogen-bond acceptors (Lipinski definition) is 4. The van der Waals surface area contributed by atoms with Crippen molar-refractivity contribution in [2.24, 2.45) is 5.92 Å². The minimum absolute atomic E-state index is 0.00836. The van der Waals surface area contributed by atoms with Gasteiger partial charge in [-0.2, -0.15) is 0 Å². The van der Waals surface area contributed by atoms with Crippen molar-refractivity contribution in [3.8, 4) is 0 Å². The fourth-order valence-electron chi connectivity index (χ4n) is 2.77. The Bertz CT molecular complexity index is 563. The van der Waals surface area contributed by atoms with E-state index in [2.05, 4.69) is 10.6 Å². The van der Waals surface area contributed by atoms with Crippen molar-refractivity contribution in [1.29, 1.82) is 0 Å². The number of rotatable bonds is 5. The molecule has 0 saturated carbocycles. The van der Waals surface area contributed by atoms with Gasteiger partial charge in [-0.15, -0.1) is 0 Å². The monoisotopic (exact) mass is 304 g/mol. The molecule has 1 amide bonds. The van der Waals surface area contributed by atoms with Crippen molar-refractivity contribution in [2.75, 3.05) is 25.5 Å². The first kappa shape index (κ1) is 16.5. The van der Waals surface area contributed by atoms with Gasteiger partial charge in [-0.3, -0.25) is 4.79 Å². The first-order valence-electron chi connectivity index (χ1n) is 7.71. The van der Waals surface area contributed by atoms with Crippen LogP contribution < -0.4 is 10.6 Å². The van der Waals surface area contributed by atoms with Crippen molar-refractivity contribution in [3.63, 3.8) is 0 Å². The Balaban J connectivity index is 2.00. The standard InChI is InChI=1S/C17H24N2O3/c1-11-8-14(9-15(12(11)2)17(21)22-3)19-16(20)5-4-13-6-7-18-10-13/h8-9,13,18H,4-7,10H2,1-3H3,(H,19,20). The molecule has 5 heteroatoms. The first-order valence-corrected chi connectivity index (χ1v) is 7.71. The molecule has 1 aromatic rings. The Morgan fingerprint density at radius 3 is 2.77 bits per heavy atom. The lowest BCUT2D eigenvalue weighted by Gasteiger charge is -2.12. The summed E-state index contributed by atoms with van der Waals surface area (Å²) in [6.45, 7) is 5.84. The average Bonchev–Trinajstić information content (AvgIpc) is 3.01. The van der Waals surface area contributed by atoms with Gasteiger partial charge in [-0.05, 0) is 69.0 Å². The smallest absolute Gasteiger partial charge is 0.338 e. The van der Waals surface area contributed by atoms with Gasteiger partial charge in [0, 0.05) is 12.1 Å². The lowest BCUT2D eigenvalue weighted by molar-refractivity contribution is -0.116. The molecule has 0 aliphatic carbocycles. The van der Waals surface area contributed by atoms with Gasteiger partial charge >= 0.3 is 5.97 Å². The second kappa shape index (κ2) is 7.40. The van der Waals surface area contributed by atoms with E-state index in [-0.39, 0.29) is 11.9 Å². The minimum Gasteiger partial charge on any atom is -0.465 e. The van der Waals surface area contributed by atoms with E-state index >= 15 is 0 Å². The third-order valence-electron chi connectivity index (χ3n) is 4.30. The number of hydrogen-bond donors (Lipinski definition) is 2. The van der Waals surface area contributed by atoms with E-state index in [4.69, 9.17) is 4.74 Å². The van der Waals surface area contributed by atoms with Gasteiger partial charge in [-0.1, -0.05) is 0 Å². The number of benzene rings is 1. The molecule has 0 bridgehead atoms. The van der Waals surface area contributed by atoms with Crippen LogP contribution in [-0.4, -0.2) is 32.1 Å². The summed E-state index contributed by atoms with van der Waals surface area (Å²) >= 11 is 0. The Hall–Kier alpha value is -1.88. The number of carbonyl (C=O) groups excluding carboxylic acids is 2. The molecule has 5 nitrogen and oxygen atoms in total. The lowest BCUT2D eigenvalue weighted by Crippen LogP contribution is -2.16. The predicted molar refractivity (Wildman–Crippen MR) is 86.1 cm³/mol. The van der Waals surface area contributed by atoms with Crippen LogP contribution in [0.5, 0.6) is 0 Å². The zero-order chi connectivity index (χ0) is 16.1. The minimum atomic E-state index is -0.381. The summed E-state index contributed by atoms with van der Waals surface area (Å²) in [6.07, 6.45) is 2.55. The number of anilines is 1.